The Morgan fingerprint density at radius 3 is 1.80 bits per heavy atom. The molecule has 0 radical (unpaired) electrons. The Morgan fingerprint density at radius 1 is 0.551 bits per heavy atom. The lowest BCUT2D eigenvalue weighted by atomic mass is 9.91. The minimum atomic E-state index is 0.515. The van der Waals surface area contributed by atoms with E-state index in [1.54, 1.807) is 0 Å². The van der Waals surface area contributed by atoms with Crippen LogP contribution in [-0.4, -0.2) is 11.7 Å². The molecule has 0 saturated carbocycles. The normalized spacial score (nSPS) is 12.6. The van der Waals surface area contributed by atoms with Crippen LogP contribution in [0.5, 0.6) is 0 Å². The Labute approximate surface area is 288 Å². The maximum absolute atomic E-state index is 6.47. The smallest absolute Gasteiger partial charge is 0.157 e. The molecule has 238 valence electrons. The van der Waals surface area contributed by atoms with Gasteiger partial charge in [-0.25, -0.2) is 4.99 Å². The summed E-state index contributed by atoms with van der Waals surface area (Å²) < 4.78 is 0. The lowest BCUT2D eigenvalue weighted by Crippen LogP contribution is -2.14. The van der Waals surface area contributed by atoms with E-state index >= 15 is 0 Å². The SMILES string of the molecule is CC/C=C\C=C/C/C(N)=N/C(=N\Cc1ccccc1)c1ccccc1-c1ccc(-c2ccc3c4ccccc4c4ccccc4c3c2)cc1. The molecule has 0 aliphatic carbocycles. The van der Waals surface area contributed by atoms with Crippen LogP contribution in [0, 0.1) is 0 Å². The van der Waals surface area contributed by atoms with E-state index in [1.165, 1.54) is 43.4 Å². The number of nitrogens with zero attached hydrogens (tertiary/aromatic N) is 2. The molecule has 0 aliphatic heterocycles. The monoisotopic (exact) mass is 633 g/mol. The van der Waals surface area contributed by atoms with Gasteiger partial charge in [0.05, 0.1) is 6.54 Å². The molecule has 7 aromatic carbocycles. The number of hydrogen-bond donors (Lipinski definition) is 1. The number of hydrogen-bond acceptors (Lipinski definition) is 1. The number of benzene rings is 7. The number of allylic oxidation sites excluding steroid dienone is 3. The zero-order valence-corrected chi connectivity index (χ0v) is 27.8. The Hall–Kier alpha value is -6.06. The minimum absolute atomic E-state index is 0.515. The molecule has 3 heteroatoms. The van der Waals surface area contributed by atoms with E-state index < -0.39 is 0 Å². The number of fused-ring (bicyclic) bond motifs is 6. The fourth-order valence-corrected chi connectivity index (χ4v) is 6.45. The molecule has 0 amide bonds. The summed E-state index contributed by atoms with van der Waals surface area (Å²) in [5.41, 5.74) is 13.1. The molecule has 0 heterocycles. The first-order valence-electron chi connectivity index (χ1n) is 17.0. The minimum Gasteiger partial charge on any atom is -0.387 e. The molecule has 7 aromatic rings. The van der Waals surface area contributed by atoms with Gasteiger partial charge in [-0.15, -0.1) is 0 Å². The summed E-state index contributed by atoms with van der Waals surface area (Å²) in [6.07, 6.45) is 9.75. The summed E-state index contributed by atoms with van der Waals surface area (Å²) in [6, 6.07) is 51.7. The molecular weight excluding hydrogens is 595 g/mol. The van der Waals surface area contributed by atoms with Crippen LogP contribution >= 0.6 is 0 Å². The topological polar surface area (TPSA) is 50.7 Å². The third kappa shape index (κ3) is 6.97. The third-order valence-corrected chi connectivity index (χ3v) is 8.89. The molecule has 2 N–H and O–H groups in total. The Balaban J connectivity index is 1.25. The molecule has 49 heavy (non-hydrogen) atoms. The van der Waals surface area contributed by atoms with Gasteiger partial charge in [0.2, 0.25) is 0 Å². The van der Waals surface area contributed by atoms with Gasteiger partial charge in [-0.1, -0.05) is 171 Å². The number of aliphatic imine (C=N–C) groups is 2. The Kier molecular flexibility index (Phi) is 9.52. The zero-order chi connectivity index (χ0) is 33.4. The molecule has 0 bridgehead atoms. The van der Waals surface area contributed by atoms with Gasteiger partial charge in [0.15, 0.2) is 5.84 Å². The number of amidine groups is 2. The summed E-state index contributed by atoms with van der Waals surface area (Å²) in [6.45, 7) is 2.63. The molecule has 7 rings (SSSR count). The lowest BCUT2D eigenvalue weighted by molar-refractivity contribution is 1.06. The van der Waals surface area contributed by atoms with Gasteiger partial charge in [-0.2, -0.15) is 0 Å². The van der Waals surface area contributed by atoms with E-state index in [2.05, 4.69) is 134 Å². The van der Waals surface area contributed by atoms with Crippen LogP contribution in [-0.2, 0) is 6.54 Å². The van der Waals surface area contributed by atoms with Gasteiger partial charge in [-0.05, 0) is 72.6 Å². The van der Waals surface area contributed by atoms with E-state index in [9.17, 15) is 0 Å². The van der Waals surface area contributed by atoms with Gasteiger partial charge in [0.1, 0.15) is 5.84 Å². The van der Waals surface area contributed by atoms with Crippen LogP contribution in [0.15, 0.2) is 180 Å². The maximum atomic E-state index is 6.47. The quantitative estimate of drug-likeness (QED) is 0.0731. The Bertz CT molecular complexity index is 2330. The van der Waals surface area contributed by atoms with Crippen LogP contribution in [0.3, 0.4) is 0 Å². The molecule has 0 spiro atoms. The van der Waals surface area contributed by atoms with Crippen molar-refractivity contribution < 1.29 is 0 Å². The number of rotatable bonds is 9. The number of nitrogens with two attached hydrogens (primary N) is 1. The summed E-state index contributed by atoms with van der Waals surface area (Å²) >= 11 is 0. The van der Waals surface area contributed by atoms with Crippen LogP contribution in [0.25, 0.3) is 54.6 Å². The lowest BCUT2D eigenvalue weighted by Gasteiger charge is -2.13. The first-order valence-corrected chi connectivity index (χ1v) is 17.0. The summed E-state index contributed by atoms with van der Waals surface area (Å²) in [7, 11) is 0. The highest BCUT2D eigenvalue weighted by molar-refractivity contribution is 6.25. The second-order valence-corrected chi connectivity index (χ2v) is 12.2. The fourth-order valence-electron chi connectivity index (χ4n) is 6.45. The van der Waals surface area contributed by atoms with Gasteiger partial charge < -0.3 is 5.73 Å². The van der Waals surface area contributed by atoms with E-state index in [4.69, 9.17) is 15.7 Å². The zero-order valence-electron chi connectivity index (χ0n) is 27.8. The van der Waals surface area contributed by atoms with E-state index in [0.717, 1.165) is 28.7 Å². The van der Waals surface area contributed by atoms with Gasteiger partial charge >= 0.3 is 0 Å². The molecule has 0 atom stereocenters. The predicted molar refractivity (Wildman–Crippen MR) is 211 cm³/mol. The van der Waals surface area contributed by atoms with E-state index in [0.29, 0.717) is 24.6 Å². The molecular formula is C46H39N3. The van der Waals surface area contributed by atoms with Crippen molar-refractivity contribution in [2.45, 2.75) is 26.3 Å². The van der Waals surface area contributed by atoms with Crippen molar-refractivity contribution in [3.8, 4) is 22.3 Å². The average Bonchev–Trinajstić information content (AvgIpc) is 3.17. The van der Waals surface area contributed by atoms with Crippen molar-refractivity contribution >= 4 is 44.0 Å². The van der Waals surface area contributed by atoms with Crippen molar-refractivity contribution in [3.63, 3.8) is 0 Å². The van der Waals surface area contributed by atoms with Crippen molar-refractivity contribution in [2.75, 3.05) is 0 Å². The van der Waals surface area contributed by atoms with Gasteiger partial charge in [0, 0.05) is 12.0 Å². The maximum Gasteiger partial charge on any atom is 0.157 e. The second kappa shape index (κ2) is 14.8. The first-order chi connectivity index (χ1) is 24.2. The van der Waals surface area contributed by atoms with Crippen molar-refractivity contribution in [2.24, 2.45) is 15.7 Å². The Morgan fingerprint density at radius 2 is 1.10 bits per heavy atom. The average molecular weight is 634 g/mol. The van der Waals surface area contributed by atoms with Crippen LogP contribution in [0.2, 0.25) is 0 Å². The molecule has 0 unspecified atom stereocenters. The highest BCUT2D eigenvalue weighted by Gasteiger charge is 2.13. The predicted octanol–water partition coefficient (Wildman–Crippen LogP) is 11.7. The van der Waals surface area contributed by atoms with Crippen molar-refractivity contribution in [3.05, 3.63) is 181 Å². The summed E-state index contributed by atoms with van der Waals surface area (Å²) in [4.78, 5) is 9.87. The van der Waals surface area contributed by atoms with E-state index in [-0.39, 0.29) is 0 Å². The molecule has 3 nitrogen and oxygen atoms in total. The second-order valence-electron chi connectivity index (χ2n) is 12.2. The fraction of sp³-hybridized carbons (Fsp3) is 0.0870. The van der Waals surface area contributed by atoms with Crippen LogP contribution < -0.4 is 5.73 Å². The van der Waals surface area contributed by atoms with Crippen LogP contribution in [0.4, 0.5) is 0 Å². The standard InChI is InChI=1S/C46H39N3/c1-2-3-4-5-9-24-45(47)49-46(48-32-33-16-7-6-8-17-33)43-23-15-10-18-37(43)35-27-25-34(26-28-35)36-29-30-42-40-21-12-11-19-38(40)39-20-13-14-22-41(39)44(42)31-36/h3-23,25-31H,2,24,32H2,1H3,(H2,47,48,49)/b4-3-,9-5-. The summed E-state index contributed by atoms with van der Waals surface area (Å²) in [5.74, 6) is 1.15. The molecule has 0 aromatic heterocycles. The first kappa shape index (κ1) is 31.5. The molecule has 0 aliphatic rings. The van der Waals surface area contributed by atoms with E-state index in [1.807, 2.05) is 42.5 Å². The third-order valence-electron chi connectivity index (χ3n) is 8.89. The summed E-state index contributed by atoms with van der Waals surface area (Å²) in [5, 5.41) is 7.68. The van der Waals surface area contributed by atoms with Gasteiger partial charge in [0.25, 0.3) is 0 Å². The van der Waals surface area contributed by atoms with Gasteiger partial charge in [-0.3, -0.25) is 4.99 Å². The van der Waals surface area contributed by atoms with Crippen molar-refractivity contribution in [1.29, 1.82) is 0 Å². The molecule has 0 saturated heterocycles. The largest absolute Gasteiger partial charge is 0.387 e. The molecule has 0 fully saturated rings. The van der Waals surface area contributed by atoms with Crippen molar-refractivity contribution in [1.82, 2.24) is 0 Å². The highest BCUT2D eigenvalue weighted by atomic mass is 15.0. The van der Waals surface area contributed by atoms with Crippen LogP contribution in [0.1, 0.15) is 30.9 Å². The highest BCUT2D eigenvalue weighted by Crippen LogP contribution is 2.37.